The lowest BCUT2D eigenvalue weighted by Crippen LogP contribution is -2.52. The molecule has 0 amide bonds. The Bertz CT molecular complexity index is 1030. The van der Waals surface area contributed by atoms with Gasteiger partial charge in [-0.05, 0) is 67.8 Å². The standard InChI is InChI=1S/C26H28F7NO3/c1-15(17-11-18(25(28,29)30)13-19(12-17)26(31,32)33)37-24-23(16-3-5-20(27)6-4-16)21(7-9-36-24)22-14-35-10-8-34(22)2/h3-6,11-13,15,21-24H,7-10,14H2,1-2H3. The van der Waals surface area contributed by atoms with Crippen LogP contribution in [0.5, 0.6) is 0 Å². The highest BCUT2D eigenvalue weighted by molar-refractivity contribution is 5.35. The fraction of sp³-hybridized carbons (Fsp3) is 0.538. The number of ether oxygens (including phenoxy) is 3. The zero-order chi connectivity index (χ0) is 27.0. The van der Waals surface area contributed by atoms with Gasteiger partial charge in [0.15, 0.2) is 6.29 Å². The van der Waals surface area contributed by atoms with Gasteiger partial charge in [0.2, 0.25) is 0 Å². The Morgan fingerprint density at radius 3 is 2.14 bits per heavy atom. The molecule has 37 heavy (non-hydrogen) atoms. The highest BCUT2D eigenvalue weighted by atomic mass is 19.4. The lowest BCUT2D eigenvalue weighted by atomic mass is 9.76. The van der Waals surface area contributed by atoms with Crippen LogP contribution in [-0.4, -0.2) is 50.6 Å². The van der Waals surface area contributed by atoms with Gasteiger partial charge in [-0.3, -0.25) is 4.90 Å². The van der Waals surface area contributed by atoms with Crippen LogP contribution in [0, 0.1) is 11.7 Å². The van der Waals surface area contributed by atoms with Crippen LogP contribution in [0.4, 0.5) is 30.7 Å². The van der Waals surface area contributed by atoms with Crippen molar-refractivity contribution in [1.82, 2.24) is 4.90 Å². The fourth-order valence-electron chi connectivity index (χ4n) is 5.10. The van der Waals surface area contributed by atoms with Gasteiger partial charge in [0.1, 0.15) is 5.82 Å². The second-order valence-electron chi connectivity index (χ2n) is 9.51. The van der Waals surface area contributed by atoms with Crippen LogP contribution in [0.1, 0.15) is 47.6 Å². The lowest BCUT2D eigenvalue weighted by molar-refractivity contribution is -0.217. The Balaban J connectivity index is 1.67. The molecule has 0 saturated carbocycles. The highest BCUT2D eigenvalue weighted by Crippen LogP contribution is 2.43. The smallest absolute Gasteiger partial charge is 0.378 e. The van der Waals surface area contributed by atoms with Crippen molar-refractivity contribution >= 4 is 0 Å². The quantitative estimate of drug-likeness (QED) is 0.414. The molecule has 5 unspecified atom stereocenters. The molecule has 11 heteroatoms. The summed E-state index contributed by atoms with van der Waals surface area (Å²) >= 11 is 0. The fourth-order valence-corrected chi connectivity index (χ4v) is 5.10. The van der Waals surface area contributed by atoms with Gasteiger partial charge >= 0.3 is 12.4 Å². The number of rotatable bonds is 5. The molecule has 2 aromatic carbocycles. The van der Waals surface area contributed by atoms with Gasteiger partial charge in [0.05, 0.1) is 37.1 Å². The minimum absolute atomic E-state index is 0.0282. The molecule has 2 saturated heterocycles. The summed E-state index contributed by atoms with van der Waals surface area (Å²) in [6.07, 6.45) is -11.5. The molecule has 0 N–H and O–H groups in total. The van der Waals surface area contributed by atoms with Gasteiger partial charge in [-0.25, -0.2) is 4.39 Å². The van der Waals surface area contributed by atoms with Crippen LogP contribution in [0.25, 0.3) is 0 Å². The Morgan fingerprint density at radius 2 is 1.57 bits per heavy atom. The summed E-state index contributed by atoms with van der Waals surface area (Å²) in [7, 11) is 1.96. The summed E-state index contributed by atoms with van der Waals surface area (Å²) in [4.78, 5) is 2.15. The molecule has 0 aliphatic carbocycles. The second-order valence-corrected chi connectivity index (χ2v) is 9.51. The van der Waals surface area contributed by atoms with Gasteiger partial charge in [-0.15, -0.1) is 0 Å². The molecule has 204 valence electrons. The van der Waals surface area contributed by atoms with Crippen molar-refractivity contribution in [3.05, 3.63) is 70.5 Å². The van der Waals surface area contributed by atoms with Crippen molar-refractivity contribution in [2.24, 2.45) is 5.92 Å². The van der Waals surface area contributed by atoms with E-state index < -0.39 is 47.6 Å². The van der Waals surface area contributed by atoms with Crippen LogP contribution >= 0.6 is 0 Å². The number of halogens is 7. The maximum atomic E-state index is 13.7. The Labute approximate surface area is 210 Å². The van der Waals surface area contributed by atoms with Crippen molar-refractivity contribution in [2.75, 3.05) is 33.4 Å². The molecule has 2 heterocycles. The summed E-state index contributed by atoms with van der Waals surface area (Å²) in [6.45, 7) is 3.39. The van der Waals surface area contributed by atoms with E-state index in [0.29, 0.717) is 43.9 Å². The van der Waals surface area contributed by atoms with Crippen LogP contribution in [0.3, 0.4) is 0 Å². The average Bonchev–Trinajstić information content (AvgIpc) is 2.83. The van der Waals surface area contributed by atoms with Crippen LogP contribution in [0.2, 0.25) is 0 Å². The zero-order valence-electron chi connectivity index (χ0n) is 20.3. The number of hydrogen-bond acceptors (Lipinski definition) is 4. The maximum absolute atomic E-state index is 13.7. The molecule has 0 aromatic heterocycles. The van der Waals surface area contributed by atoms with Gasteiger partial charge in [-0.2, -0.15) is 26.3 Å². The Hall–Kier alpha value is -2.21. The largest absolute Gasteiger partial charge is 0.416 e. The van der Waals surface area contributed by atoms with Crippen LogP contribution in [0.15, 0.2) is 42.5 Å². The summed E-state index contributed by atoms with van der Waals surface area (Å²) < 4.78 is 112. The average molecular weight is 536 g/mol. The Kier molecular flexibility index (Phi) is 8.18. The monoisotopic (exact) mass is 535 g/mol. The van der Waals surface area contributed by atoms with Crippen molar-refractivity contribution in [3.8, 4) is 0 Å². The maximum Gasteiger partial charge on any atom is 0.416 e. The van der Waals surface area contributed by atoms with Gasteiger partial charge in [0, 0.05) is 18.5 Å². The van der Waals surface area contributed by atoms with Crippen LogP contribution in [-0.2, 0) is 26.6 Å². The van der Waals surface area contributed by atoms with Gasteiger partial charge in [0.25, 0.3) is 0 Å². The highest BCUT2D eigenvalue weighted by Gasteiger charge is 2.44. The molecule has 4 rings (SSSR count). The number of alkyl halides is 6. The van der Waals surface area contributed by atoms with E-state index in [1.54, 1.807) is 12.1 Å². The first-order chi connectivity index (χ1) is 17.3. The summed E-state index contributed by atoms with van der Waals surface area (Å²) in [5, 5.41) is 0. The zero-order valence-corrected chi connectivity index (χ0v) is 20.3. The topological polar surface area (TPSA) is 30.9 Å². The van der Waals surface area contributed by atoms with E-state index in [-0.39, 0.29) is 30.2 Å². The molecule has 0 radical (unpaired) electrons. The molecule has 2 aromatic rings. The molecule has 2 aliphatic heterocycles. The van der Waals surface area contributed by atoms with E-state index in [1.807, 2.05) is 7.05 Å². The normalized spacial score (nSPS) is 26.7. The van der Waals surface area contributed by atoms with Crippen molar-refractivity contribution < 1.29 is 44.9 Å². The van der Waals surface area contributed by atoms with E-state index in [4.69, 9.17) is 14.2 Å². The first-order valence-corrected chi connectivity index (χ1v) is 11.9. The molecule has 4 nitrogen and oxygen atoms in total. The number of likely N-dealkylation sites (N-methyl/N-ethyl adjacent to an activating group) is 1. The molecule has 2 fully saturated rings. The first kappa shape index (κ1) is 27.8. The number of nitrogens with zero attached hydrogens (tertiary/aromatic N) is 1. The summed E-state index contributed by atoms with van der Waals surface area (Å²) in [6, 6.07) is 7.17. The predicted molar refractivity (Wildman–Crippen MR) is 120 cm³/mol. The van der Waals surface area contributed by atoms with E-state index in [9.17, 15) is 30.7 Å². The van der Waals surface area contributed by atoms with E-state index >= 15 is 0 Å². The SMILES string of the molecule is CC(OC1OCCC(C2COCCN2C)C1c1ccc(F)cc1)c1cc(C(F)(F)F)cc(C(F)(F)F)c1. The number of benzene rings is 2. The third-order valence-corrected chi connectivity index (χ3v) is 7.10. The van der Waals surface area contributed by atoms with Crippen LogP contribution < -0.4 is 0 Å². The molecule has 2 aliphatic rings. The number of hydrogen-bond donors (Lipinski definition) is 0. The van der Waals surface area contributed by atoms with E-state index in [2.05, 4.69) is 4.90 Å². The summed E-state index contributed by atoms with van der Waals surface area (Å²) in [5.41, 5.74) is -2.40. The van der Waals surface area contributed by atoms with Gasteiger partial charge in [-0.1, -0.05) is 12.1 Å². The molecular formula is C26H28F7NO3. The number of morpholine rings is 1. The third kappa shape index (κ3) is 6.45. The summed E-state index contributed by atoms with van der Waals surface area (Å²) in [5.74, 6) is -0.975. The Morgan fingerprint density at radius 1 is 0.946 bits per heavy atom. The predicted octanol–water partition coefficient (Wildman–Crippen LogP) is 6.42. The molecule has 5 atom stereocenters. The lowest BCUT2D eigenvalue weighted by Gasteiger charge is -2.46. The molecule has 0 bridgehead atoms. The second kappa shape index (κ2) is 10.9. The minimum Gasteiger partial charge on any atom is -0.378 e. The first-order valence-electron chi connectivity index (χ1n) is 11.9. The molecular weight excluding hydrogens is 507 g/mol. The van der Waals surface area contributed by atoms with Gasteiger partial charge < -0.3 is 14.2 Å². The van der Waals surface area contributed by atoms with E-state index in [1.165, 1.54) is 19.1 Å². The molecule has 0 spiro atoms. The van der Waals surface area contributed by atoms with Crippen molar-refractivity contribution in [2.45, 2.75) is 50.1 Å². The minimum atomic E-state index is -4.97. The van der Waals surface area contributed by atoms with E-state index in [0.717, 1.165) is 0 Å². The van der Waals surface area contributed by atoms with Crippen molar-refractivity contribution in [3.63, 3.8) is 0 Å². The van der Waals surface area contributed by atoms with Crippen molar-refractivity contribution in [1.29, 1.82) is 0 Å². The third-order valence-electron chi connectivity index (χ3n) is 7.10.